The number of carbonyl (C=O) groups is 4. The van der Waals surface area contributed by atoms with Crippen molar-refractivity contribution in [1.29, 1.82) is 0 Å². The lowest BCUT2D eigenvalue weighted by Crippen LogP contribution is -2.51. The Morgan fingerprint density at radius 3 is 2.30 bits per heavy atom. The van der Waals surface area contributed by atoms with Gasteiger partial charge in [0.05, 0.1) is 5.54 Å². The van der Waals surface area contributed by atoms with E-state index in [1.165, 1.54) is 23.8 Å². The van der Waals surface area contributed by atoms with Crippen LogP contribution in [0, 0.1) is 17.8 Å². The number of esters is 1. The zero-order valence-electron chi connectivity index (χ0n) is 31.6. The predicted molar refractivity (Wildman–Crippen MR) is 199 cm³/mol. The first-order valence-electron chi connectivity index (χ1n) is 18.7. The molecule has 2 heterocycles. The topological polar surface area (TPSA) is 109 Å². The number of thiazole rings is 1. The van der Waals surface area contributed by atoms with Gasteiger partial charge in [0.25, 0.3) is 5.91 Å². The van der Waals surface area contributed by atoms with Gasteiger partial charge in [-0.3, -0.25) is 24.1 Å². The van der Waals surface area contributed by atoms with Crippen LogP contribution in [0.1, 0.15) is 133 Å². The molecule has 0 bridgehead atoms. The van der Waals surface area contributed by atoms with E-state index in [1.54, 1.807) is 17.3 Å². The van der Waals surface area contributed by atoms with Crippen LogP contribution in [0.4, 0.5) is 0 Å². The molecule has 276 valence electrons. The van der Waals surface area contributed by atoms with Gasteiger partial charge in [-0.05, 0) is 70.0 Å². The van der Waals surface area contributed by atoms with Gasteiger partial charge in [-0.1, -0.05) is 83.7 Å². The van der Waals surface area contributed by atoms with Gasteiger partial charge in [-0.15, -0.1) is 11.3 Å². The molecule has 1 N–H and O–H groups in total. The summed E-state index contributed by atoms with van der Waals surface area (Å²) < 4.78 is 5.85. The highest BCUT2D eigenvalue weighted by molar-refractivity contribution is 7.09. The second-order valence-corrected chi connectivity index (χ2v) is 16.4. The summed E-state index contributed by atoms with van der Waals surface area (Å²) in [6.07, 6.45) is 8.24. The largest absolute Gasteiger partial charge is 0.455 e. The normalized spacial score (nSPS) is 21.6. The monoisotopic (exact) mass is 708 g/mol. The van der Waals surface area contributed by atoms with E-state index in [0.717, 1.165) is 64.3 Å². The first kappa shape index (κ1) is 39.7. The fourth-order valence-electron chi connectivity index (χ4n) is 8.01. The average Bonchev–Trinajstić information content (AvgIpc) is 3.72. The molecule has 5 atom stereocenters. The summed E-state index contributed by atoms with van der Waals surface area (Å²) >= 11 is 1.30. The summed E-state index contributed by atoms with van der Waals surface area (Å²) in [5, 5.41) is 5.64. The van der Waals surface area contributed by atoms with Gasteiger partial charge in [-0.25, -0.2) is 4.98 Å². The number of benzene rings is 1. The standard InChI is InChI=1S/C40H60N4O5S/c1-9-28(4)31(23-35(46)39(6)19-16-22-43(39)7)38(48)44(8)33(27(2)3)24-34(49-29(5)45)37-41-32(26-50-37)36(47)42-40(20-14-11-15-21-40)25-30-17-12-10-13-18-30/h10,12-13,17-18,26-28,31,33-34H,9,11,14-16,19-25H2,1-8H3,(H,42,47)/t28-,31-,33+,34+,39+/m0/s1. The minimum atomic E-state index is -0.732. The molecule has 2 aliphatic rings. The number of likely N-dealkylation sites (tertiary alicyclic amines) is 1. The van der Waals surface area contributed by atoms with Crippen LogP contribution < -0.4 is 5.32 Å². The Bertz CT molecular complexity index is 1450. The van der Waals surface area contributed by atoms with Crippen molar-refractivity contribution in [3.63, 3.8) is 0 Å². The summed E-state index contributed by atoms with van der Waals surface area (Å²) in [7, 11) is 3.80. The number of ether oxygens (including phenoxy) is 1. The SMILES string of the molecule is CC[C@H](C)[C@H](CC(=O)[C@@]1(C)CCCN1C)C(=O)N(C)[C@H](C[C@@H](OC(C)=O)c1nc(C(=O)NC2(Cc3ccccc3)CCCCC2)cs1)C(C)C. The van der Waals surface area contributed by atoms with Gasteiger partial charge in [0.2, 0.25) is 5.91 Å². The molecule has 0 unspecified atom stereocenters. The maximum atomic E-state index is 14.3. The minimum Gasteiger partial charge on any atom is -0.455 e. The molecular weight excluding hydrogens is 649 g/mol. The molecule has 1 saturated carbocycles. The molecule has 4 rings (SSSR count). The molecule has 2 fully saturated rings. The van der Waals surface area contributed by atoms with Crippen molar-refractivity contribution >= 4 is 34.9 Å². The molecule has 10 heteroatoms. The first-order chi connectivity index (χ1) is 23.7. The molecule has 1 aromatic carbocycles. The zero-order valence-corrected chi connectivity index (χ0v) is 32.4. The van der Waals surface area contributed by atoms with Crippen LogP contribution >= 0.6 is 11.3 Å². The highest BCUT2D eigenvalue weighted by Gasteiger charge is 2.44. The third kappa shape index (κ3) is 9.60. The van der Waals surface area contributed by atoms with Crippen LogP contribution in [0.15, 0.2) is 35.7 Å². The number of rotatable bonds is 16. The minimum absolute atomic E-state index is 0.0238. The van der Waals surface area contributed by atoms with Crippen LogP contribution in [0.3, 0.4) is 0 Å². The highest BCUT2D eigenvalue weighted by atomic mass is 32.1. The molecule has 50 heavy (non-hydrogen) atoms. The number of hydrogen-bond donors (Lipinski definition) is 1. The number of amides is 2. The van der Waals surface area contributed by atoms with Gasteiger partial charge in [-0.2, -0.15) is 0 Å². The van der Waals surface area contributed by atoms with Crippen molar-refractivity contribution < 1.29 is 23.9 Å². The van der Waals surface area contributed by atoms with E-state index >= 15 is 0 Å². The smallest absolute Gasteiger partial charge is 0.303 e. The number of ketones is 1. The molecule has 2 aromatic rings. The Morgan fingerprint density at radius 1 is 1.04 bits per heavy atom. The lowest BCUT2D eigenvalue weighted by atomic mass is 9.77. The van der Waals surface area contributed by atoms with E-state index < -0.39 is 23.5 Å². The van der Waals surface area contributed by atoms with Gasteiger partial charge in [0.15, 0.2) is 11.9 Å². The first-order valence-corrected chi connectivity index (χ1v) is 19.6. The number of nitrogens with zero attached hydrogens (tertiary/aromatic N) is 3. The Morgan fingerprint density at radius 2 is 1.72 bits per heavy atom. The molecule has 0 spiro atoms. The van der Waals surface area contributed by atoms with Crippen molar-refractivity contribution in [1.82, 2.24) is 20.1 Å². The second-order valence-electron chi connectivity index (χ2n) is 15.5. The average molecular weight is 709 g/mol. The summed E-state index contributed by atoms with van der Waals surface area (Å²) in [6, 6.07) is 9.99. The Hall–Kier alpha value is -3.11. The van der Waals surface area contributed by atoms with Gasteiger partial charge >= 0.3 is 5.97 Å². The summed E-state index contributed by atoms with van der Waals surface area (Å²) in [6.45, 7) is 12.5. The fraction of sp³-hybridized carbons (Fsp3) is 0.675. The lowest BCUT2D eigenvalue weighted by molar-refractivity contribution is -0.149. The Balaban J connectivity index is 1.53. The molecule has 1 aromatic heterocycles. The van der Waals surface area contributed by atoms with E-state index in [1.807, 2.05) is 46.0 Å². The molecule has 1 aliphatic carbocycles. The molecule has 1 aliphatic heterocycles. The van der Waals surface area contributed by atoms with E-state index in [2.05, 4.69) is 36.2 Å². The van der Waals surface area contributed by atoms with E-state index in [0.29, 0.717) is 17.1 Å². The highest BCUT2D eigenvalue weighted by Crippen LogP contribution is 2.36. The van der Waals surface area contributed by atoms with Crippen molar-refractivity contribution in [2.24, 2.45) is 17.8 Å². The number of Topliss-reactive ketones (excluding diaryl/α,β-unsaturated/α-hetero) is 1. The Labute approximate surface area is 303 Å². The zero-order chi connectivity index (χ0) is 36.6. The third-order valence-corrected chi connectivity index (χ3v) is 12.6. The predicted octanol–water partition coefficient (Wildman–Crippen LogP) is 7.40. The molecular formula is C40H60N4O5S. The summed E-state index contributed by atoms with van der Waals surface area (Å²) in [5.41, 5.74) is 0.628. The number of nitrogens with one attached hydrogen (secondary N) is 1. The van der Waals surface area contributed by atoms with E-state index in [9.17, 15) is 19.2 Å². The van der Waals surface area contributed by atoms with Gasteiger partial charge in [0.1, 0.15) is 10.7 Å². The summed E-state index contributed by atoms with van der Waals surface area (Å²) in [5.74, 6) is -1.01. The van der Waals surface area contributed by atoms with Crippen molar-refractivity contribution in [3.8, 4) is 0 Å². The molecule has 2 amide bonds. The van der Waals surface area contributed by atoms with Crippen molar-refractivity contribution in [3.05, 3.63) is 52.0 Å². The second kappa shape index (κ2) is 17.4. The van der Waals surface area contributed by atoms with Crippen molar-refractivity contribution in [2.45, 2.75) is 135 Å². The van der Waals surface area contributed by atoms with Crippen LogP contribution in [0.5, 0.6) is 0 Å². The number of likely N-dealkylation sites (N-methyl/N-ethyl adjacent to an activating group) is 1. The van der Waals surface area contributed by atoms with Gasteiger partial charge < -0.3 is 15.0 Å². The number of carbonyl (C=O) groups excluding carboxylic acids is 4. The molecule has 9 nitrogen and oxygen atoms in total. The molecule has 0 radical (unpaired) electrons. The maximum Gasteiger partial charge on any atom is 0.303 e. The molecule has 1 saturated heterocycles. The number of aromatic nitrogens is 1. The summed E-state index contributed by atoms with van der Waals surface area (Å²) in [4.78, 5) is 62.8. The third-order valence-electron chi connectivity index (χ3n) is 11.6. The van der Waals surface area contributed by atoms with Crippen molar-refractivity contribution in [2.75, 3.05) is 20.6 Å². The maximum absolute atomic E-state index is 14.3. The van der Waals surface area contributed by atoms with Crippen LogP contribution in [-0.4, -0.2) is 76.1 Å². The Kier molecular flexibility index (Phi) is 13.8. The van der Waals surface area contributed by atoms with Crippen LogP contribution in [0.25, 0.3) is 0 Å². The van der Waals surface area contributed by atoms with Gasteiger partial charge in [0, 0.05) is 49.7 Å². The fourth-order valence-corrected chi connectivity index (χ4v) is 8.85. The van der Waals surface area contributed by atoms with Crippen LogP contribution in [-0.2, 0) is 25.5 Å². The van der Waals surface area contributed by atoms with E-state index in [-0.39, 0.29) is 47.4 Å². The van der Waals surface area contributed by atoms with E-state index in [4.69, 9.17) is 9.72 Å². The number of hydrogen-bond acceptors (Lipinski definition) is 8. The lowest BCUT2D eigenvalue weighted by Gasteiger charge is -2.38. The quantitative estimate of drug-likeness (QED) is 0.181. The van der Waals surface area contributed by atoms with Crippen LogP contribution in [0.2, 0.25) is 0 Å².